The van der Waals surface area contributed by atoms with E-state index in [0.717, 1.165) is 6.26 Å². The first-order chi connectivity index (χ1) is 13.8. The topological polar surface area (TPSA) is 113 Å². The molecule has 2 aromatic carbocycles. The molecule has 2 heterocycles. The highest BCUT2D eigenvalue weighted by atomic mass is 32.2. The molecule has 4 rings (SSSR count). The maximum Gasteiger partial charge on any atom is 0.261 e. The summed E-state index contributed by atoms with van der Waals surface area (Å²) in [6.07, 6.45) is 1.15. The second-order valence-electron chi connectivity index (χ2n) is 6.34. The van der Waals surface area contributed by atoms with Crippen LogP contribution in [0.2, 0.25) is 0 Å². The first-order valence-electron chi connectivity index (χ1n) is 8.51. The van der Waals surface area contributed by atoms with Crippen LogP contribution in [0.25, 0.3) is 16.6 Å². The van der Waals surface area contributed by atoms with Crippen LogP contribution in [0.4, 0.5) is 0 Å². The minimum absolute atomic E-state index is 0.117. The second kappa shape index (κ2) is 7.41. The highest BCUT2D eigenvalue weighted by molar-refractivity contribution is 7.98. The largest absolute Gasteiger partial charge is 0.290 e. The Morgan fingerprint density at radius 1 is 1.07 bits per heavy atom. The highest BCUT2D eigenvalue weighted by Crippen LogP contribution is 2.22. The van der Waals surface area contributed by atoms with Gasteiger partial charge < -0.3 is 0 Å². The zero-order valence-corrected chi connectivity index (χ0v) is 17.2. The van der Waals surface area contributed by atoms with Gasteiger partial charge in [0.1, 0.15) is 0 Å². The number of fused-ring (bicyclic) bond motifs is 1. The number of sulfone groups is 1. The summed E-state index contributed by atoms with van der Waals surface area (Å²) >= 11 is 1.34. The minimum atomic E-state index is -3.28. The Morgan fingerprint density at radius 3 is 2.52 bits per heavy atom. The fraction of sp³-hybridized carbons (Fsp3) is 0.167. The van der Waals surface area contributed by atoms with Gasteiger partial charge in [-0.05, 0) is 46.8 Å². The van der Waals surface area contributed by atoms with Gasteiger partial charge in [-0.15, -0.1) is 5.10 Å². The minimum Gasteiger partial charge on any atom is -0.290 e. The fourth-order valence-electron chi connectivity index (χ4n) is 2.79. The molecule has 0 amide bonds. The molecule has 0 atom stereocenters. The van der Waals surface area contributed by atoms with E-state index in [4.69, 9.17) is 0 Å². The molecule has 0 spiro atoms. The van der Waals surface area contributed by atoms with Crippen LogP contribution < -0.4 is 5.56 Å². The number of benzene rings is 2. The van der Waals surface area contributed by atoms with Gasteiger partial charge in [0.2, 0.25) is 0 Å². The van der Waals surface area contributed by atoms with E-state index < -0.39 is 9.84 Å². The van der Waals surface area contributed by atoms with Crippen molar-refractivity contribution in [1.82, 2.24) is 29.8 Å². The molecule has 9 nitrogen and oxygen atoms in total. The van der Waals surface area contributed by atoms with Crippen LogP contribution in [0.3, 0.4) is 0 Å². The summed E-state index contributed by atoms with van der Waals surface area (Å²) in [6.45, 7) is 0. The van der Waals surface area contributed by atoms with Crippen molar-refractivity contribution in [3.05, 3.63) is 64.7 Å². The van der Waals surface area contributed by atoms with Crippen LogP contribution in [0, 0.1) is 0 Å². The van der Waals surface area contributed by atoms with E-state index in [-0.39, 0.29) is 10.5 Å². The smallest absolute Gasteiger partial charge is 0.261 e. The number of nitrogens with zero attached hydrogens (tertiary/aromatic N) is 6. The Morgan fingerprint density at radius 2 is 1.79 bits per heavy atom. The molecule has 0 saturated carbocycles. The van der Waals surface area contributed by atoms with E-state index in [1.54, 1.807) is 37.4 Å². The number of para-hydroxylation sites is 1. The maximum absolute atomic E-state index is 12.5. The van der Waals surface area contributed by atoms with Crippen molar-refractivity contribution in [3.63, 3.8) is 0 Å². The van der Waals surface area contributed by atoms with Gasteiger partial charge in [0, 0.05) is 13.3 Å². The molecule has 0 fully saturated rings. The number of hydrogen-bond acceptors (Lipinski definition) is 8. The number of aromatic nitrogens is 6. The number of rotatable bonds is 5. The summed E-state index contributed by atoms with van der Waals surface area (Å²) < 4.78 is 26.3. The molecular formula is C18H16N6O3S2. The van der Waals surface area contributed by atoms with Crippen molar-refractivity contribution in [2.24, 2.45) is 7.05 Å². The number of tetrazole rings is 1. The highest BCUT2D eigenvalue weighted by Gasteiger charge is 2.14. The predicted octanol–water partition coefficient (Wildman–Crippen LogP) is 1.60. The second-order valence-corrected chi connectivity index (χ2v) is 9.30. The van der Waals surface area contributed by atoms with Crippen LogP contribution in [-0.4, -0.2) is 44.4 Å². The molecule has 2 aromatic heterocycles. The van der Waals surface area contributed by atoms with Gasteiger partial charge in [0.25, 0.3) is 5.56 Å². The first kappa shape index (κ1) is 19.3. The van der Waals surface area contributed by atoms with Gasteiger partial charge in [0.05, 0.1) is 27.2 Å². The number of hydrogen-bond donors (Lipinski definition) is 0. The van der Waals surface area contributed by atoms with E-state index in [1.165, 1.54) is 33.1 Å². The van der Waals surface area contributed by atoms with Crippen molar-refractivity contribution >= 4 is 32.5 Å². The summed E-state index contributed by atoms with van der Waals surface area (Å²) in [6, 6.07) is 13.5. The Balaban J connectivity index is 1.62. The molecule has 0 unspecified atom stereocenters. The van der Waals surface area contributed by atoms with Gasteiger partial charge in [-0.1, -0.05) is 23.9 Å². The predicted molar refractivity (Wildman–Crippen MR) is 109 cm³/mol. The molecule has 0 N–H and O–H groups in total. The molecule has 0 radical (unpaired) electrons. The average molecular weight is 428 g/mol. The first-order valence-corrected chi connectivity index (χ1v) is 11.4. The van der Waals surface area contributed by atoms with Crippen molar-refractivity contribution in [2.45, 2.75) is 15.8 Å². The monoisotopic (exact) mass is 428 g/mol. The Kier molecular flexibility index (Phi) is 4.92. The van der Waals surface area contributed by atoms with Gasteiger partial charge in [-0.3, -0.25) is 9.36 Å². The summed E-state index contributed by atoms with van der Waals surface area (Å²) in [4.78, 5) is 17.3. The third-order valence-corrected chi connectivity index (χ3v) is 6.47. The molecule has 0 saturated heterocycles. The third-order valence-electron chi connectivity index (χ3n) is 4.32. The molecule has 148 valence electrons. The lowest BCUT2D eigenvalue weighted by atomic mass is 10.2. The van der Waals surface area contributed by atoms with Crippen molar-refractivity contribution in [2.75, 3.05) is 6.26 Å². The SMILES string of the molecule is Cn1c(SCc2nnnn2-c2ccc(S(C)(=O)=O)cc2)nc2ccccc2c1=O. The molecule has 4 aromatic rings. The molecule has 0 aliphatic carbocycles. The standard InChI is InChI=1S/C18H16N6O3S2/c1-23-17(25)14-5-3-4-6-15(14)19-18(23)28-11-16-20-21-22-24(16)12-7-9-13(10-8-12)29(2,26)27/h3-10H,11H2,1-2H3. The Labute approximate surface area is 170 Å². The quantitative estimate of drug-likeness (QED) is 0.348. The molecule has 0 bridgehead atoms. The van der Waals surface area contributed by atoms with Crippen LogP contribution >= 0.6 is 11.8 Å². The van der Waals surface area contributed by atoms with E-state index in [1.807, 2.05) is 6.07 Å². The summed E-state index contributed by atoms with van der Waals surface area (Å²) in [7, 11) is -1.60. The van der Waals surface area contributed by atoms with Crippen molar-refractivity contribution in [3.8, 4) is 5.69 Å². The van der Waals surface area contributed by atoms with Gasteiger partial charge in [-0.25, -0.2) is 13.4 Å². The lowest BCUT2D eigenvalue weighted by molar-refractivity contribution is 0.602. The van der Waals surface area contributed by atoms with Gasteiger partial charge >= 0.3 is 0 Å². The van der Waals surface area contributed by atoms with E-state index in [9.17, 15) is 13.2 Å². The number of thioether (sulfide) groups is 1. The zero-order chi connectivity index (χ0) is 20.6. The Hall–Kier alpha value is -3.05. The molecule has 0 aliphatic heterocycles. The lowest BCUT2D eigenvalue weighted by Gasteiger charge is -2.09. The van der Waals surface area contributed by atoms with Gasteiger partial charge in [0.15, 0.2) is 20.8 Å². The lowest BCUT2D eigenvalue weighted by Crippen LogP contribution is -2.20. The molecule has 29 heavy (non-hydrogen) atoms. The Bertz CT molecular complexity index is 1360. The molecule has 11 heteroatoms. The third kappa shape index (κ3) is 3.78. The average Bonchev–Trinajstić information content (AvgIpc) is 3.18. The summed E-state index contributed by atoms with van der Waals surface area (Å²) in [5.74, 6) is 0.920. The molecular weight excluding hydrogens is 412 g/mol. The van der Waals surface area contributed by atoms with Crippen molar-refractivity contribution < 1.29 is 8.42 Å². The van der Waals surface area contributed by atoms with E-state index in [0.29, 0.717) is 33.3 Å². The van der Waals surface area contributed by atoms with Crippen molar-refractivity contribution in [1.29, 1.82) is 0 Å². The van der Waals surface area contributed by atoms with E-state index >= 15 is 0 Å². The normalized spacial score (nSPS) is 11.8. The molecule has 0 aliphatic rings. The summed E-state index contributed by atoms with van der Waals surface area (Å²) in [5.41, 5.74) is 1.15. The van der Waals surface area contributed by atoms with Gasteiger partial charge in [-0.2, -0.15) is 4.68 Å². The van der Waals surface area contributed by atoms with Crippen LogP contribution in [-0.2, 0) is 22.6 Å². The fourth-order valence-corrected chi connectivity index (χ4v) is 4.29. The van der Waals surface area contributed by atoms with E-state index in [2.05, 4.69) is 20.5 Å². The van der Waals surface area contributed by atoms with Crippen LogP contribution in [0.5, 0.6) is 0 Å². The maximum atomic E-state index is 12.5. The summed E-state index contributed by atoms with van der Waals surface area (Å²) in [5, 5.41) is 12.9. The van der Waals surface area contributed by atoms with Crippen LogP contribution in [0.1, 0.15) is 5.82 Å². The van der Waals surface area contributed by atoms with Crippen LogP contribution in [0.15, 0.2) is 63.4 Å². The zero-order valence-electron chi connectivity index (χ0n) is 15.6.